The number of carbonyl (C=O) groups is 1. The summed E-state index contributed by atoms with van der Waals surface area (Å²) in [5, 5.41) is 14.6. The molecule has 29 heavy (non-hydrogen) atoms. The highest BCUT2D eigenvalue weighted by Gasteiger charge is 2.19. The lowest BCUT2D eigenvalue weighted by atomic mass is 10.1. The number of rotatable bonds is 5. The largest absolute Gasteiger partial charge is 0.322 e. The van der Waals surface area contributed by atoms with E-state index >= 15 is 0 Å². The van der Waals surface area contributed by atoms with Crippen LogP contribution >= 0.6 is 11.6 Å². The van der Waals surface area contributed by atoms with E-state index in [1.807, 2.05) is 0 Å². The summed E-state index contributed by atoms with van der Waals surface area (Å²) < 4.78 is 3.25. The molecule has 2 aromatic heterocycles. The van der Waals surface area contributed by atoms with Crippen molar-refractivity contribution in [3.63, 3.8) is 0 Å². The summed E-state index contributed by atoms with van der Waals surface area (Å²) in [4.78, 5) is 31.4. The van der Waals surface area contributed by atoms with Crippen molar-refractivity contribution in [1.82, 2.24) is 19.1 Å². The van der Waals surface area contributed by atoms with Gasteiger partial charge in [0.05, 0.1) is 28.3 Å². The minimum absolute atomic E-state index is 0.148. The first-order chi connectivity index (χ1) is 14.0. The first-order valence-corrected chi connectivity index (χ1v) is 8.77. The lowest BCUT2D eigenvalue weighted by Crippen LogP contribution is -2.13. The van der Waals surface area contributed by atoms with E-state index < -0.39 is 10.8 Å². The fourth-order valence-electron chi connectivity index (χ4n) is 2.83. The van der Waals surface area contributed by atoms with Crippen molar-refractivity contribution >= 4 is 28.9 Å². The predicted molar refractivity (Wildman–Crippen MR) is 107 cm³/mol. The SMILES string of the molecule is O=C(Nc1ccc(-n2ccnc2)c(Cl)c1)c1ccc(-n2ccnc2)c([N+](=O)[O-])c1. The molecule has 144 valence electrons. The van der Waals surface area contributed by atoms with Crippen LogP contribution in [0.15, 0.2) is 73.8 Å². The third kappa shape index (κ3) is 3.71. The minimum Gasteiger partial charge on any atom is -0.322 e. The van der Waals surface area contributed by atoms with Gasteiger partial charge in [-0.25, -0.2) is 9.97 Å². The normalized spacial score (nSPS) is 10.7. The molecule has 0 aliphatic carbocycles. The molecule has 0 bridgehead atoms. The van der Waals surface area contributed by atoms with E-state index in [2.05, 4.69) is 15.3 Å². The number of halogens is 1. The maximum Gasteiger partial charge on any atom is 0.294 e. The topological polar surface area (TPSA) is 108 Å². The zero-order valence-corrected chi connectivity index (χ0v) is 15.5. The highest BCUT2D eigenvalue weighted by atomic mass is 35.5. The molecule has 0 spiro atoms. The Kier molecular flexibility index (Phi) is 4.80. The summed E-state index contributed by atoms with van der Waals surface area (Å²) in [5.41, 5.74) is 1.43. The summed E-state index contributed by atoms with van der Waals surface area (Å²) in [5.74, 6) is -0.489. The van der Waals surface area contributed by atoms with E-state index in [4.69, 9.17) is 11.6 Å². The summed E-state index contributed by atoms with van der Waals surface area (Å²) in [7, 11) is 0. The van der Waals surface area contributed by atoms with Gasteiger partial charge < -0.3 is 14.5 Å². The molecule has 9 nitrogen and oxygen atoms in total. The quantitative estimate of drug-likeness (QED) is 0.398. The van der Waals surface area contributed by atoms with Gasteiger partial charge in [0.25, 0.3) is 11.6 Å². The molecule has 4 aromatic rings. The number of benzene rings is 2. The first-order valence-electron chi connectivity index (χ1n) is 8.39. The molecule has 0 fully saturated rings. The Morgan fingerprint density at radius 2 is 1.66 bits per heavy atom. The molecule has 0 unspecified atom stereocenters. The molecular weight excluding hydrogens is 396 g/mol. The van der Waals surface area contributed by atoms with Gasteiger partial charge in [-0.15, -0.1) is 0 Å². The van der Waals surface area contributed by atoms with Gasteiger partial charge in [-0.05, 0) is 30.3 Å². The number of nitrogens with one attached hydrogen (secondary N) is 1. The second-order valence-corrected chi connectivity index (χ2v) is 6.43. The standard InChI is InChI=1S/C19H13ClN6O3/c20-15-10-14(2-4-16(15)24-7-5-21-11-24)23-19(27)13-1-3-17(18(9-13)26(28)29)25-8-6-22-12-25/h1-12H,(H,23,27). The summed E-state index contributed by atoms with van der Waals surface area (Å²) in [6.07, 6.45) is 9.55. The van der Waals surface area contributed by atoms with Crippen LogP contribution in [0.3, 0.4) is 0 Å². The fraction of sp³-hybridized carbons (Fsp3) is 0. The van der Waals surface area contributed by atoms with Crippen LogP contribution in [0.1, 0.15) is 10.4 Å². The number of nitro groups is 1. The molecule has 0 atom stereocenters. The number of hydrogen-bond acceptors (Lipinski definition) is 5. The monoisotopic (exact) mass is 408 g/mol. The minimum atomic E-state index is -0.539. The fourth-order valence-corrected chi connectivity index (χ4v) is 3.11. The van der Waals surface area contributed by atoms with Gasteiger partial charge >= 0.3 is 0 Å². The molecule has 4 rings (SSSR count). The number of nitro benzene ring substituents is 1. The molecule has 0 saturated heterocycles. The zero-order valence-electron chi connectivity index (χ0n) is 14.8. The number of aromatic nitrogens is 4. The third-order valence-corrected chi connectivity index (χ3v) is 4.51. The first kappa shape index (κ1) is 18.4. The number of amides is 1. The van der Waals surface area contributed by atoms with Gasteiger partial charge in [0.2, 0.25) is 0 Å². The Bertz CT molecular complexity index is 1190. The average molecular weight is 409 g/mol. The van der Waals surface area contributed by atoms with Crippen molar-refractivity contribution in [2.45, 2.75) is 0 Å². The number of hydrogen-bond donors (Lipinski definition) is 1. The van der Waals surface area contributed by atoms with Gasteiger partial charge in [0.1, 0.15) is 5.69 Å². The Morgan fingerprint density at radius 1 is 1.00 bits per heavy atom. The lowest BCUT2D eigenvalue weighted by Gasteiger charge is -2.10. The second-order valence-electron chi connectivity index (χ2n) is 6.02. The van der Waals surface area contributed by atoms with E-state index in [1.54, 1.807) is 47.7 Å². The number of nitrogens with zero attached hydrogens (tertiary/aromatic N) is 5. The van der Waals surface area contributed by atoms with E-state index in [9.17, 15) is 14.9 Å². The Morgan fingerprint density at radius 3 is 2.24 bits per heavy atom. The van der Waals surface area contributed by atoms with E-state index in [0.29, 0.717) is 22.1 Å². The maximum atomic E-state index is 12.6. The molecule has 1 amide bonds. The van der Waals surface area contributed by atoms with Crippen LogP contribution in [0.4, 0.5) is 11.4 Å². The number of carbonyl (C=O) groups excluding carboxylic acids is 1. The van der Waals surface area contributed by atoms with Gasteiger partial charge in [-0.1, -0.05) is 11.6 Å². The highest BCUT2D eigenvalue weighted by molar-refractivity contribution is 6.32. The Hall–Kier alpha value is -3.98. The van der Waals surface area contributed by atoms with Crippen LogP contribution in [-0.4, -0.2) is 29.9 Å². The van der Waals surface area contributed by atoms with Gasteiger partial charge in [-0.3, -0.25) is 14.9 Å². The van der Waals surface area contributed by atoms with Crippen LogP contribution in [0.25, 0.3) is 11.4 Å². The zero-order chi connectivity index (χ0) is 20.4. The van der Waals surface area contributed by atoms with Gasteiger partial charge in [0.15, 0.2) is 0 Å². The van der Waals surface area contributed by atoms with Crippen molar-refractivity contribution in [2.75, 3.05) is 5.32 Å². The van der Waals surface area contributed by atoms with Crippen LogP contribution in [0.5, 0.6) is 0 Å². The van der Waals surface area contributed by atoms with Crippen molar-refractivity contribution in [3.05, 3.63) is 94.5 Å². The molecule has 0 saturated carbocycles. The van der Waals surface area contributed by atoms with Crippen molar-refractivity contribution < 1.29 is 9.72 Å². The molecule has 2 heterocycles. The lowest BCUT2D eigenvalue weighted by molar-refractivity contribution is -0.384. The van der Waals surface area contributed by atoms with E-state index in [-0.39, 0.29) is 11.3 Å². The highest BCUT2D eigenvalue weighted by Crippen LogP contribution is 2.27. The predicted octanol–water partition coefficient (Wildman–Crippen LogP) is 3.87. The van der Waals surface area contributed by atoms with Crippen molar-refractivity contribution in [2.24, 2.45) is 0 Å². The van der Waals surface area contributed by atoms with E-state index in [1.165, 1.54) is 35.3 Å². The maximum absolute atomic E-state index is 12.6. The van der Waals surface area contributed by atoms with Crippen LogP contribution < -0.4 is 5.32 Å². The third-order valence-electron chi connectivity index (χ3n) is 4.20. The average Bonchev–Trinajstić information content (AvgIpc) is 3.42. The van der Waals surface area contributed by atoms with Crippen LogP contribution in [-0.2, 0) is 0 Å². The molecule has 1 N–H and O–H groups in total. The molecule has 0 aliphatic rings. The van der Waals surface area contributed by atoms with Gasteiger partial charge in [0, 0.05) is 42.1 Å². The summed E-state index contributed by atoms with van der Waals surface area (Å²) in [6, 6.07) is 9.27. The molecular formula is C19H13ClN6O3. The second kappa shape index (κ2) is 7.56. The summed E-state index contributed by atoms with van der Waals surface area (Å²) in [6.45, 7) is 0. The van der Waals surface area contributed by atoms with Crippen LogP contribution in [0.2, 0.25) is 5.02 Å². The van der Waals surface area contributed by atoms with Crippen molar-refractivity contribution in [1.29, 1.82) is 0 Å². The number of anilines is 1. The molecule has 0 radical (unpaired) electrons. The van der Waals surface area contributed by atoms with Crippen LogP contribution in [0, 0.1) is 10.1 Å². The van der Waals surface area contributed by atoms with Gasteiger partial charge in [-0.2, -0.15) is 0 Å². The Balaban J connectivity index is 1.59. The number of imidazole rings is 2. The summed E-state index contributed by atoms with van der Waals surface area (Å²) >= 11 is 6.30. The Labute approximate surface area is 169 Å². The molecule has 0 aliphatic heterocycles. The van der Waals surface area contributed by atoms with Crippen molar-refractivity contribution in [3.8, 4) is 11.4 Å². The smallest absolute Gasteiger partial charge is 0.294 e. The van der Waals surface area contributed by atoms with E-state index in [0.717, 1.165) is 0 Å². The molecule has 2 aromatic carbocycles. The molecule has 10 heteroatoms.